The predicted molar refractivity (Wildman–Crippen MR) is 124 cm³/mol. The minimum absolute atomic E-state index is 0.0562. The zero-order valence-corrected chi connectivity index (χ0v) is 17.1. The first-order valence-corrected chi connectivity index (χ1v) is 10.6. The summed E-state index contributed by atoms with van der Waals surface area (Å²) in [5.74, 6) is 0. The summed E-state index contributed by atoms with van der Waals surface area (Å²) >= 11 is 0. The fourth-order valence-electron chi connectivity index (χ4n) is 4.33. The molecule has 0 saturated heterocycles. The molecule has 4 N–H and O–H groups in total. The number of para-hydroxylation sites is 1. The lowest BCUT2D eigenvalue weighted by Crippen LogP contribution is -2.50. The lowest BCUT2D eigenvalue weighted by atomic mass is 9.90. The molecule has 1 aliphatic heterocycles. The van der Waals surface area contributed by atoms with Gasteiger partial charge in [0.1, 0.15) is 0 Å². The van der Waals surface area contributed by atoms with Crippen molar-refractivity contribution in [3.05, 3.63) is 90.1 Å². The second-order valence-electron chi connectivity index (χ2n) is 7.98. The molecule has 0 aliphatic carbocycles. The minimum Gasteiger partial charge on any atom is -0.380 e. The quantitative estimate of drug-likeness (QED) is 0.383. The third-order valence-electron chi connectivity index (χ3n) is 5.92. The van der Waals surface area contributed by atoms with E-state index in [9.17, 15) is 4.79 Å². The summed E-state index contributed by atoms with van der Waals surface area (Å²) in [4.78, 5) is 13.0. The van der Waals surface area contributed by atoms with Crippen molar-refractivity contribution < 1.29 is 4.79 Å². The summed E-state index contributed by atoms with van der Waals surface area (Å²) in [7, 11) is 0. The van der Waals surface area contributed by atoms with E-state index in [0.29, 0.717) is 0 Å². The van der Waals surface area contributed by atoms with E-state index in [4.69, 9.17) is 0 Å². The van der Waals surface area contributed by atoms with Gasteiger partial charge in [-0.05, 0) is 48.6 Å². The maximum Gasteiger partial charge on any atom is 0.319 e. The Kier molecular flexibility index (Phi) is 5.27. The maximum absolute atomic E-state index is 13.0. The summed E-state index contributed by atoms with van der Waals surface area (Å²) in [6.07, 6.45) is 4.44. The van der Waals surface area contributed by atoms with Gasteiger partial charge in [0, 0.05) is 17.1 Å². The molecule has 1 aromatic heterocycles. The van der Waals surface area contributed by atoms with Crippen LogP contribution in [0.15, 0.2) is 79.0 Å². The topological polar surface area (TPSA) is 81.8 Å². The Bertz CT molecular complexity index is 1190. The largest absolute Gasteiger partial charge is 0.380 e. The Morgan fingerprint density at radius 3 is 2.77 bits per heavy atom. The number of urea groups is 1. The number of hydrogen-bond acceptors (Lipinski definition) is 3. The van der Waals surface area contributed by atoms with E-state index >= 15 is 0 Å². The molecular formula is C25H25N5O. The van der Waals surface area contributed by atoms with Crippen molar-refractivity contribution in [1.82, 2.24) is 15.5 Å². The Labute approximate surface area is 181 Å². The number of hydrogen-bond donors (Lipinski definition) is 4. The van der Waals surface area contributed by atoms with Gasteiger partial charge in [-0.1, -0.05) is 54.6 Å². The van der Waals surface area contributed by atoms with E-state index in [-0.39, 0.29) is 18.1 Å². The first-order chi connectivity index (χ1) is 15.3. The van der Waals surface area contributed by atoms with Gasteiger partial charge in [-0.3, -0.25) is 5.10 Å². The van der Waals surface area contributed by atoms with Crippen LogP contribution in [0.25, 0.3) is 10.9 Å². The van der Waals surface area contributed by atoms with Gasteiger partial charge in [0.2, 0.25) is 0 Å². The molecule has 5 rings (SSSR count). The van der Waals surface area contributed by atoms with Crippen molar-refractivity contribution in [3.8, 4) is 0 Å². The number of nitrogens with one attached hydrogen (secondary N) is 4. The van der Waals surface area contributed by atoms with E-state index in [2.05, 4.69) is 56.5 Å². The average Bonchev–Trinajstić information content (AvgIpc) is 3.29. The predicted octanol–water partition coefficient (Wildman–Crippen LogP) is 4.72. The number of aromatic nitrogens is 2. The van der Waals surface area contributed by atoms with Crippen LogP contribution in [-0.4, -0.2) is 28.3 Å². The summed E-state index contributed by atoms with van der Waals surface area (Å²) in [6, 6.07) is 24.3. The fraction of sp³-hybridized carbons (Fsp3) is 0.200. The van der Waals surface area contributed by atoms with E-state index in [1.54, 1.807) is 6.20 Å². The van der Waals surface area contributed by atoms with Gasteiger partial charge in [-0.15, -0.1) is 0 Å². The van der Waals surface area contributed by atoms with Gasteiger partial charge in [-0.25, -0.2) is 4.79 Å². The molecule has 2 atom stereocenters. The molecule has 0 bridgehead atoms. The molecule has 0 saturated carbocycles. The molecule has 3 aromatic carbocycles. The van der Waals surface area contributed by atoms with Crippen LogP contribution in [0.1, 0.15) is 17.5 Å². The molecule has 156 valence electrons. The van der Waals surface area contributed by atoms with Crippen LogP contribution in [0.2, 0.25) is 0 Å². The normalized spacial score (nSPS) is 16.2. The van der Waals surface area contributed by atoms with Gasteiger partial charge in [0.15, 0.2) is 0 Å². The van der Waals surface area contributed by atoms with Crippen LogP contribution in [0.3, 0.4) is 0 Å². The van der Waals surface area contributed by atoms with Crippen molar-refractivity contribution >= 4 is 28.3 Å². The molecular weight excluding hydrogens is 386 g/mol. The van der Waals surface area contributed by atoms with Crippen molar-refractivity contribution in [2.24, 2.45) is 0 Å². The van der Waals surface area contributed by atoms with Crippen LogP contribution in [0.5, 0.6) is 0 Å². The lowest BCUT2D eigenvalue weighted by Gasteiger charge is -2.34. The minimum atomic E-state index is -0.213. The Morgan fingerprint density at radius 2 is 1.87 bits per heavy atom. The van der Waals surface area contributed by atoms with Crippen LogP contribution in [-0.2, 0) is 12.8 Å². The average molecular weight is 412 g/mol. The first-order valence-electron chi connectivity index (χ1n) is 10.6. The molecule has 0 fully saturated rings. The van der Waals surface area contributed by atoms with Crippen molar-refractivity contribution in [2.75, 3.05) is 10.6 Å². The van der Waals surface area contributed by atoms with Crippen molar-refractivity contribution in [1.29, 1.82) is 0 Å². The molecule has 6 nitrogen and oxygen atoms in total. The fourth-order valence-corrected chi connectivity index (χ4v) is 4.33. The molecule has 6 heteroatoms. The van der Waals surface area contributed by atoms with Gasteiger partial charge in [-0.2, -0.15) is 5.10 Å². The number of H-pyrrole nitrogens is 1. The number of carbonyl (C=O) groups is 1. The number of carbonyl (C=O) groups excluding carboxylic acids is 1. The number of anilines is 2. The number of aryl methyl sites for hydroxylation is 1. The molecule has 2 unspecified atom stereocenters. The monoisotopic (exact) mass is 411 g/mol. The maximum atomic E-state index is 13.0. The number of nitrogens with zero attached hydrogens (tertiary/aromatic N) is 1. The number of aromatic amines is 1. The summed E-state index contributed by atoms with van der Waals surface area (Å²) < 4.78 is 0. The SMILES string of the molecule is O=C(Nc1cccc2[nH]ncc12)NC(Cc1ccccc1)C1CCc2ccccc2N1. The first kappa shape index (κ1) is 19.2. The van der Waals surface area contributed by atoms with Crippen LogP contribution >= 0.6 is 0 Å². The molecule has 1 aliphatic rings. The summed E-state index contributed by atoms with van der Waals surface area (Å²) in [5.41, 5.74) is 5.31. The van der Waals surface area contributed by atoms with E-state index in [0.717, 1.165) is 41.5 Å². The third kappa shape index (κ3) is 4.23. The zero-order valence-electron chi connectivity index (χ0n) is 17.1. The van der Waals surface area contributed by atoms with Gasteiger partial charge in [0.05, 0.1) is 23.4 Å². The Hall–Kier alpha value is -3.80. The van der Waals surface area contributed by atoms with Crippen LogP contribution in [0.4, 0.5) is 16.2 Å². The Morgan fingerprint density at radius 1 is 1.03 bits per heavy atom. The highest BCUT2D eigenvalue weighted by Crippen LogP contribution is 2.27. The van der Waals surface area contributed by atoms with E-state index in [1.165, 1.54) is 11.1 Å². The highest BCUT2D eigenvalue weighted by molar-refractivity contribution is 6.00. The number of amides is 2. The van der Waals surface area contributed by atoms with Crippen molar-refractivity contribution in [2.45, 2.75) is 31.3 Å². The van der Waals surface area contributed by atoms with Crippen LogP contribution < -0.4 is 16.0 Å². The van der Waals surface area contributed by atoms with E-state index in [1.807, 2.05) is 42.5 Å². The van der Waals surface area contributed by atoms with Crippen molar-refractivity contribution in [3.63, 3.8) is 0 Å². The second-order valence-corrected chi connectivity index (χ2v) is 7.98. The van der Waals surface area contributed by atoms with Gasteiger partial charge >= 0.3 is 6.03 Å². The number of rotatable bonds is 5. The highest BCUT2D eigenvalue weighted by atomic mass is 16.2. The zero-order chi connectivity index (χ0) is 21.0. The van der Waals surface area contributed by atoms with Gasteiger partial charge in [0.25, 0.3) is 0 Å². The standard InChI is InChI=1S/C25H25N5O/c31-25(28-21-11-6-12-22-19(21)16-26-30-22)29-24(15-17-7-2-1-3-8-17)23-14-13-18-9-4-5-10-20(18)27-23/h1-12,16,23-24,27H,13-15H2,(H,26,30)(H2,28,29,31). The smallest absolute Gasteiger partial charge is 0.319 e. The highest BCUT2D eigenvalue weighted by Gasteiger charge is 2.27. The molecule has 2 amide bonds. The third-order valence-corrected chi connectivity index (χ3v) is 5.92. The number of benzene rings is 3. The van der Waals surface area contributed by atoms with Gasteiger partial charge < -0.3 is 16.0 Å². The molecule has 4 aromatic rings. The molecule has 31 heavy (non-hydrogen) atoms. The molecule has 0 radical (unpaired) electrons. The Balaban J connectivity index is 1.35. The summed E-state index contributed by atoms with van der Waals surface area (Å²) in [6.45, 7) is 0. The molecule has 0 spiro atoms. The van der Waals surface area contributed by atoms with E-state index < -0.39 is 0 Å². The molecule has 2 heterocycles. The second kappa shape index (κ2) is 8.52. The summed E-state index contributed by atoms with van der Waals surface area (Å²) in [5, 5.41) is 17.8. The number of fused-ring (bicyclic) bond motifs is 2. The van der Waals surface area contributed by atoms with Crippen LogP contribution in [0, 0.1) is 0 Å². The lowest BCUT2D eigenvalue weighted by molar-refractivity contribution is 0.246.